The Hall–Kier alpha value is -2.07. The Bertz CT molecular complexity index is 796. The molecule has 0 unspecified atom stereocenters. The molecule has 1 aromatic heterocycles. The van der Waals surface area contributed by atoms with Crippen LogP contribution in [0.5, 0.6) is 5.75 Å². The molecular formula is C17H16N2OS. The molecule has 1 aliphatic heterocycles. The molecule has 0 atom stereocenters. The number of rotatable bonds is 2. The lowest BCUT2D eigenvalue weighted by Gasteiger charge is -2.28. The molecule has 0 N–H and O–H groups in total. The largest absolute Gasteiger partial charge is 0.497 e. The van der Waals surface area contributed by atoms with Crippen LogP contribution in [0, 0.1) is 0 Å². The van der Waals surface area contributed by atoms with Gasteiger partial charge in [-0.25, -0.2) is 4.98 Å². The molecule has 0 radical (unpaired) electrons. The number of ether oxygens (including phenoxy) is 1. The summed E-state index contributed by atoms with van der Waals surface area (Å²) >= 11 is 1.74. The van der Waals surface area contributed by atoms with Gasteiger partial charge in [0.05, 0.1) is 17.3 Å². The predicted octanol–water partition coefficient (Wildman–Crippen LogP) is 3.87. The van der Waals surface area contributed by atoms with E-state index in [0.717, 1.165) is 35.9 Å². The molecular weight excluding hydrogens is 280 g/mol. The summed E-state index contributed by atoms with van der Waals surface area (Å²) in [5, 5.41) is 1.10. The quantitative estimate of drug-likeness (QED) is 0.718. The normalized spacial score (nSPS) is 14.2. The second-order valence-electron chi connectivity index (χ2n) is 5.27. The molecule has 0 aliphatic carbocycles. The lowest BCUT2D eigenvalue weighted by molar-refractivity contribution is 0.415. The second-order valence-corrected chi connectivity index (χ2v) is 6.28. The van der Waals surface area contributed by atoms with Crippen LogP contribution in [0.15, 0.2) is 42.5 Å². The van der Waals surface area contributed by atoms with Gasteiger partial charge in [-0.05, 0) is 35.7 Å². The van der Waals surface area contributed by atoms with Gasteiger partial charge < -0.3 is 9.64 Å². The van der Waals surface area contributed by atoms with Crippen molar-refractivity contribution in [2.45, 2.75) is 13.0 Å². The van der Waals surface area contributed by atoms with Gasteiger partial charge in [0.2, 0.25) is 0 Å². The summed E-state index contributed by atoms with van der Waals surface area (Å²) in [4.78, 5) is 7.15. The molecule has 21 heavy (non-hydrogen) atoms. The van der Waals surface area contributed by atoms with Crippen LogP contribution in [0.1, 0.15) is 11.1 Å². The van der Waals surface area contributed by atoms with Crippen molar-refractivity contribution in [3.8, 4) is 5.75 Å². The zero-order valence-corrected chi connectivity index (χ0v) is 12.7. The van der Waals surface area contributed by atoms with Crippen LogP contribution in [-0.2, 0) is 13.0 Å². The topological polar surface area (TPSA) is 25.4 Å². The van der Waals surface area contributed by atoms with E-state index in [0.29, 0.717) is 0 Å². The minimum atomic E-state index is 0.890. The maximum Gasteiger partial charge on any atom is 0.186 e. The number of aromatic nitrogens is 1. The predicted molar refractivity (Wildman–Crippen MR) is 87.4 cm³/mol. The monoisotopic (exact) mass is 296 g/mol. The Balaban J connectivity index is 1.68. The Kier molecular flexibility index (Phi) is 3.04. The van der Waals surface area contributed by atoms with Gasteiger partial charge in [0.1, 0.15) is 5.75 Å². The smallest absolute Gasteiger partial charge is 0.186 e. The van der Waals surface area contributed by atoms with Crippen LogP contribution < -0.4 is 9.64 Å². The minimum Gasteiger partial charge on any atom is -0.497 e. The van der Waals surface area contributed by atoms with E-state index in [4.69, 9.17) is 9.72 Å². The SMILES string of the molecule is COc1ccc2nc(N3CCc4ccccc4C3)sc2c1. The fraction of sp³-hybridized carbons (Fsp3) is 0.235. The third-order valence-electron chi connectivity index (χ3n) is 3.99. The van der Waals surface area contributed by atoms with E-state index < -0.39 is 0 Å². The van der Waals surface area contributed by atoms with Crippen molar-refractivity contribution >= 4 is 26.7 Å². The Labute approximate surface area is 127 Å². The van der Waals surface area contributed by atoms with Gasteiger partial charge in [-0.2, -0.15) is 0 Å². The van der Waals surface area contributed by atoms with Crippen LogP contribution in [0.4, 0.5) is 5.13 Å². The molecule has 0 spiro atoms. The van der Waals surface area contributed by atoms with E-state index in [1.165, 1.54) is 15.8 Å². The summed E-state index contributed by atoms with van der Waals surface area (Å²) in [5.74, 6) is 0.890. The van der Waals surface area contributed by atoms with Crippen LogP contribution in [0.3, 0.4) is 0 Å². The molecule has 3 nitrogen and oxygen atoms in total. The second kappa shape index (κ2) is 5.04. The standard InChI is InChI=1S/C17H16N2OS/c1-20-14-6-7-15-16(10-14)21-17(18-15)19-9-8-12-4-2-3-5-13(12)11-19/h2-7,10H,8-9,11H2,1H3. The van der Waals surface area contributed by atoms with E-state index in [1.807, 2.05) is 12.1 Å². The van der Waals surface area contributed by atoms with Gasteiger partial charge in [0.15, 0.2) is 5.13 Å². The van der Waals surface area contributed by atoms with Crippen molar-refractivity contribution in [2.24, 2.45) is 0 Å². The number of nitrogens with zero attached hydrogens (tertiary/aromatic N) is 2. The highest BCUT2D eigenvalue weighted by atomic mass is 32.1. The van der Waals surface area contributed by atoms with E-state index in [2.05, 4.69) is 35.2 Å². The molecule has 0 fully saturated rings. The van der Waals surface area contributed by atoms with Crippen molar-refractivity contribution in [1.29, 1.82) is 0 Å². The molecule has 4 rings (SSSR count). The molecule has 1 aliphatic rings. The van der Waals surface area contributed by atoms with E-state index in [9.17, 15) is 0 Å². The number of hydrogen-bond donors (Lipinski definition) is 0. The molecule has 0 saturated heterocycles. The Morgan fingerprint density at radius 2 is 2.00 bits per heavy atom. The first-order chi connectivity index (χ1) is 10.3. The van der Waals surface area contributed by atoms with E-state index in [-0.39, 0.29) is 0 Å². The maximum absolute atomic E-state index is 5.29. The summed E-state index contributed by atoms with van der Waals surface area (Å²) in [6.45, 7) is 1.99. The van der Waals surface area contributed by atoms with Gasteiger partial charge in [0.25, 0.3) is 0 Å². The summed E-state index contributed by atoms with van der Waals surface area (Å²) < 4.78 is 6.47. The van der Waals surface area contributed by atoms with Crippen LogP contribution in [-0.4, -0.2) is 18.6 Å². The third kappa shape index (κ3) is 2.25. The number of anilines is 1. The van der Waals surface area contributed by atoms with E-state index in [1.54, 1.807) is 18.4 Å². The van der Waals surface area contributed by atoms with Crippen molar-refractivity contribution in [1.82, 2.24) is 4.98 Å². The molecule has 0 amide bonds. The molecule has 4 heteroatoms. The summed E-state index contributed by atoms with van der Waals surface area (Å²) in [6, 6.07) is 14.8. The number of benzene rings is 2. The van der Waals surface area contributed by atoms with Gasteiger partial charge in [0, 0.05) is 13.1 Å². The van der Waals surface area contributed by atoms with Crippen LogP contribution in [0.25, 0.3) is 10.2 Å². The number of thiazole rings is 1. The molecule has 3 aromatic rings. The van der Waals surface area contributed by atoms with Gasteiger partial charge in [-0.3, -0.25) is 0 Å². The highest BCUT2D eigenvalue weighted by Gasteiger charge is 2.19. The molecule has 2 aromatic carbocycles. The Morgan fingerprint density at radius 3 is 2.86 bits per heavy atom. The molecule has 2 heterocycles. The molecule has 0 bridgehead atoms. The van der Waals surface area contributed by atoms with E-state index >= 15 is 0 Å². The van der Waals surface area contributed by atoms with Crippen LogP contribution in [0.2, 0.25) is 0 Å². The zero-order valence-electron chi connectivity index (χ0n) is 11.9. The molecule has 0 saturated carbocycles. The third-order valence-corrected chi connectivity index (χ3v) is 5.06. The van der Waals surface area contributed by atoms with Crippen molar-refractivity contribution in [2.75, 3.05) is 18.6 Å². The average molecular weight is 296 g/mol. The fourth-order valence-corrected chi connectivity index (χ4v) is 3.83. The van der Waals surface area contributed by atoms with Crippen molar-refractivity contribution in [3.05, 3.63) is 53.6 Å². The average Bonchev–Trinajstić information content (AvgIpc) is 2.97. The van der Waals surface area contributed by atoms with Crippen molar-refractivity contribution in [3.63, 3.8) is 0 Å². The van der Waals surface area contributed by atoms with Gasteiger partial charge >= 0.3 is 0 Å². The zero-order chi connectivity index (χ0) is 14.2. The number of methoxy groups -OCH3 is 1. The summed E-state index contributed by atoms with van der Waals surface area (Å²) in [6.07, 6.45) is 1.09. The minimum absolute atomic E-state index is 0.890. The fourth-order valence-electron chi connectivity index (χ4n) is 2.81. The highest BCUT2D eigenvalue weighted by Crippen LogP contribution is 2.33. The molecule has 106 valence electrons. The van der Waals surface area contributed by atoms with Crippen molar-refractivity contribution < 1.29 is 4.74 Å². The first-order valence-electron chi connectivity index (χ1n) is 7.10. The van der Waals surface area contributed by atoms with Crippen LogP contribution >= 0.6 is 11.3 Å². The lowest BCUT2D eigenvalue weighted by Crippen LogP contribution is -2.30. The lowest BCUT2D eigenvalue weighted by atomic mass is 10.0. The first-order valence-corrected chi connectivity index (χ1v) is 7.91. The van der Waals surface area contributed by atoms with Gasteiger partial charge in [-0.1, -0.05) is 35.6 Å². The highest BCUT2D eigenvalue weighted by molar-refractivity contribution is 7.22. The number of hydrogen-bond acceptors (Lipinski definition) is 4. The Morgan fingerprint density at radius 1 is 1.14 bits per heavy atom. The first kappa shape index (κ1) is 12.7. The summed E-state index contributed by atoms with van der Waals surface area (Å²) in [5.41, 5.74) is 3.94. The maximum atomic E-state index is 5.29. The summed E-state index contributed by atoms with van der Waals surface area (Å²) in [7, 11) is 1.70. The van der Waals surface area contributed by atoms with Gasteiger partial charge in [-0.15, -0.1) is 0 Å². The number of fused-ring (bicyclic) bond motifs is 2.